The first kappa shape index (κ1) is 14.5. The maximum atomic E-state index is 5.41. The van der Waals surface area contributed by atoms with Gasteiger partial charge in [0.05, 0.1) is 0 Å². The van der Waals surface area contributed by atoms with Crippen molar-refractivity contribution in [2.75, 3.05) is 13.9 Å². The molecule has 0 amide bonds. The van der Waals surface area contributed by atoms with E-state index in [2.05, 4.69) is 30.0 Å². The third-order valence-corrected chi connectivity index (χ3v) is 2.31. The van der Waals surface area contributed by atoms with Crippen molar-refractivity contribution >= 4 is 0 Å². The average Bonchev–Trinajstić information content (AvgIpc) is 2.37. The van der Waals surface area contributed by atoms with Crippen molar-refractivity contribution in [1.82, 2.24) is 0 Å². The van der Waals surface area contributed by atoms with Crippen molar-refractivity contribution in [2.24, 2.45) is 0 Å². The summed E-state index contributed by atoms with van der Waals surface area (Å²) in [6.45, 7) is 4.10. The molecule has 0 N–H and O–H groups in total. The Morgan fingerprint density at radius 3 is 2.61 bits per heavy atom. The van der Waals surface area contributed by atoms with Crippen molar-refractivity contribution in [3.8, 4) is 11.8 Å². The number of hydrogen-bond donors (Lipinski definition) is 0. The van der Waals surface area contributed by atoms with Crippen molar-refractivity contribution in [2.45, 2.75) is 25.9 Å². The predicted molar refractivity (Wildman–Crippen MR) is 74.1 cm³/mol. The Balaban J connectivity index is 2.40. The van der Waals surface area contributed by atoms with Crippen molar-refractivity contribution < 1.29 is 9.47 Å². The zero-order chi connectivity index (χ0) is 13.3. The van der Waals surface area contributed by atoms with E-state index in [0.717, 1.165) is 6.42 Å². The molecule has 0 heterocycles. The third-order valence-electron chi connectivity index (χ3n) is 2.31. The second-order valence-corrected chi connectivity index (χ2v) is 4.42. The van der Waals surface area contributed by atoms with Gasteiger partial charge >= 0.3 is 0 Å². The fraction of sp³-hybridized carbons (Fsp3) is 0.375. The van der Waals surface area contributed by atoms with Crippen LogP contribution in [0.3, 0.4) is 0 Å². The predicted octanol–water partition coefficient (Wildman–Crippen LogP) is 3.19. The molecule has 1 aromatic carbocycles. The largest absolute Gasteiger partial charge is 0.359 e. The summed E-state index contributed by atoms with van der Waals surface area (Å²) in [4.78, 5) is 0. The number of allylic oxidation sites excluding steroid dienone is 2. The van der Waals surface area contributed by atoms with Gasteiger partial charge < -0.3 is 9.47 Å². The molecule has 96 valence electrons. The van der Waals surface area contributed by atoms with Gasteiger partial charge in [-0.05, 0) is 31.9 Å². The van der Waals surface area contributed by atoms with E-state index in [0.29, 0.717) is 0 Å². The van der Waals surface area contributed by atoms with Crippen LogP contribution in [-0.2, 0) is 15.9 Å². The monoisotopic (exact) mass is 244 g/mol. The summed E-state index contributed by atoms with van der Waals surface area (Å²) in [5, 5.41) is 0. The highest BCUT2D eigenvalue weighted by Crippen LogP contribution is 2.06. The quantitative estimate of drug-likeness (QED) is 0.585. The maximum absolute atomic E-state index is 5.41. The van der Waals surface area contributed by atoms with E-state index in [9.17, 15) is 0 Å². The lowest BCUT2D eigenvalue weighted by Gasteiger charge is -2.17. The van der Waals surface area contributed by atoms with E-state index >= 15 is 0 Å². The minimum Gasteiger partial charge on any atom is -0.359 e. The molecule has 18 heavy (non-hydrogen) atoms. The van der Waals surface area contributed by atoms with Crippen LogP contribution in [0.25, 0.3) is 0 Å². The lowest BCUT2D eigenvalue weighted by Crippen LogP contribution is -2.23. The molecule has 2 heteroatoms. The van der Waals surface area contributed by atoms with E-state index in [1.807, 2.05) is 38.1 Å². The molecule has 2 nitrogen and oxygen atoms in total. The summed E-state index contributed by atoms with van der Waals surface area (Å²) in [5.74, 6) is 6.03. The van der Waals surface area contributed by atoms with Gasteiger partial charge in [-0.3, -0.25) is 0 Å². The van der Waals surface area contributed by atoms with Gasteiger partial charge in [0.15, 0.2) is 0 Å². The minimum atomic E-state index is -0.479. The summed E-state index contributed by atoms with van der Waals surface area (Å²) in [6, 6.07) is 10.3. The first-order chi connectivity index (χ1) is 8.64. The molecule has 0 saturated carbocycles. The topological polar surface area (TPSA) is 18.5 Å². The lowest BCUT2D eigenvalue weighted by molar-refractivity contribution is -0.0877. The van der Waals surface area contributed by atoms with Gasteiger partial charge in [0, 0.05) is 7.11 Å². The Morgan fingerprint density at radius 2 is 1.94 bits per heavy atom. The molecule has 0 aliphatic rings. The van der Waals surface area contributed by atoms with Crippen LogP contribution in [0.5, 0.6) is 0 Å². The highest BCUT2D eigenvalue weighted by Gasteiger charge is 2.13. The molecule has 1 aromatic rings. The fourth-order valence-corrected chi connectivity index (χ4v) is 1.33. The fourth-order valence-electron chi connectivity index (χ4n) is 1.33. The zero-order valence-corrected chi connectivity index (χ0v) is 11.3. The molecule has 0 saturated heterocycles. The van der Waals surface area contributed by atoms with Gasteiger partial charge in [-0.15, -0.1) is 0 Å². The second kappa shape index (κ2) is 7.71. The Kier molecular flexibility index (Phi) is 6.21. The van der Waals surface area contributed by atoms with Crippen LogP contribution in [0.15, 0.2) is 42.5 Å². The number of hydrogen-bond acceptors (Lipinski definition) is 2. The van der Waals surface area contributed by atoms with Crippen LogP contribution in [-0.4, -0.2) is 19.5 Å². The Bertz CT molecular complexity index is 421. The van der Waals surface area contributed by atoms with Gasteiger partial charge in [0.2, 0.25) is 0 Å². The summed E-state index contributed by atoms with van der Waals surface area (Å²) in [5.41, 5.74) is 0.804. The number of benzene rings is 1. The molecule has 0 bridgehead atoms. The lowest BCUT2D eigenvalue weighted by atomic mass is 10.1. The zero-order valence-electron chi connectivity index (χ0n) is 11.3. The van der Waals surface area contributed by atoms with E-state index in [1.165, 1.54) is 5.56 Å². The number of ether oxygens (including phenoxy) is 2. The third kappa shape index (κ3) is 6.24. The molecule has 0 aromatic heterocycles. The van der Waals surface area contributed by atoms with Crippen molar-refractivity contribution in [3.05, 3.63) is 48.0 Å². The van der Waals surface area contributed by atoms with Gasteiger partial charge in [0.25, 0.3) is 0 Å². The molecule has 0 aliphatic carbocycles. The molecule has 0 aliphatic heterocycles. The SMILES string of the molecule is COCOC(C)(C)C#C/C=C\Cc1ccccc1. The van der Waals surface area contributed by atoms with E-state index in [-0.39, 0.29) is 6.79 Å². The molecule has 0 unspecified atom stereocenters. The number of rotatable bonds is 5. The normalized spacial score (nSPS) is 11.3. The number of methoxy groups -OCH3 is 1. The minimum absolute atomic E-state index is 0.259. The Hall–Kier alpha value is -1.56. The smallest absolute Gasteiger partial charge is 0.148 e. The molecule has 0 spiro atoms. The first-order valence-electron chi connectivity index (χ1n) is 5.98. The van der Waals surface area contributed by atoms with Crippen LogP contribution >= 0.6 is 0 Å². The molecule has 0 fully saturated rings. The van der Waals surface area contributed by atoms with E-state index in [4.69, 9.17) is 9.47 Å². The molecular weight excluding hydrogens is 224 g/mol. The van der Waals surface area contributed by atoms with Crippen LogP contribution in [0.4, 0.5) is 0 Å². The molecule has 0 radical (unpaired) electrons. The van der Waals surface area contributed by atoms with Gasteiger partial charge in [-0.25, -0.2) is 0 Å². The molecular formula is C16H20O2. The highest BCUT2D eigenvalue weighted by atomic mass is 16.7. The van der Waals surface area contributed by atoms with Crippen LogP contribution in [0.2, 0.25) is 0 Å². The maximum Gasteiger partial charge on any atom is 0.148 e. The standard InChI is InChI=1S/C16H20O2/c1-16(2,18-14-17-3)13-9-5-8-12-15-10-6-4-7-11-15/h4-8,10-11H,12,14H2,1-3H3/b8-5-. The first-order valence-corrected chi connectivity index (χ1v) is 5.98. The van der Waals surface area contributed by atoms with Crippen molar-refractivity contribution in [3.63, 3.8) is 0 Å². The highest BCUT2D eigenvalue weighted by molar-refractivity contribution is 5.24. The van der Waals surface area contributed by atoms with Gasteiger partial charge in [-0.1, -0.05) is 48.2 Å². The second-order valence-electron chi connectivity index (χ2n) is 4.42. The van der Waals surface area contributed by atoms with Gasteiger partial charge in [0.1, 0.15) is 12.4 Å². The van der Waals surface area contributed by atoms with Crippen LogP contribution < -0.4 is 0 Å². The average molecular weight is 244 g/mol. The van der Waals surface area contributed by atoms with E-state index in [1.54, 1.807) is 7.11 Å². The summed E-state index contributed by atoms with van der Waals surface area (Å²) in [7, 11) is 1.60. The van der Waals surface area contributed by atoms with Crippen molar-refractivity contribution in [1.29, 1.82) is 0 Å². The van der Waals surface area contributed by atoms with Crippen LogP contribution in [0.1, 0.15) is 19.4 Å². The Labute approximate surface area is 110 Å². The summed E-state index contributed by atoms with van der Waals surface area (Å²) < 4.78 is 10.3. The summed E-state index contributed by atoms with van der Waals surface area (Å²) in [6.07, 6.45) is 4.81. The summed E-state index contributed by atoms with van der Waals surface area (Å²) >= 11 is 0. The van der Waals surface area contributed by atoms with Crippen LogP contribution in [0, 0.1) is 11.8 Å². The molecule has 1 rings (SSSR count). The van der Waals surface area contributed by atoms with E-state index < -0.39 is 5.60 Å². The molecule has 0 atom stereocenters. The van der Waals surface area contributed by atoms with Gasteiger partial charge in [-0.2, -0.15) is 0 Å². The Morgan fingerprint density at radius 1 is 1.22 bits per heavy atom.